The van der Waals surface area contributed by atoms with Crippen LogP contribution in [-0.2, 0) is 16.1 Å². The maximum atomic E-state index is 12.5. The second kappa shape index (κ2) is 6.26. The van der Waals surface area contributed by atoms with Crippen LogP contribution in [-0.4, -0.2) is 69.6 Å². The molecular formula is C16H22N4O4. The molecule has 3 heterocycles. The lowest BCUT2D eigenvalue weighted by Crippen LogP contribution is -2.53. The fourth-order valence-electron chi connectivity index (χ4n) is 3.50. The van der Waals surface area contributed by atoms with Crippen LogP contribution in [0.4, 0.5) is 4.79 Å². The topological polar surface area (TPSA) is 84.7 Å². The molecule has 1 aromatic heterocycles. The number of hydrogen-bond acceptors (Lipinski definition) is 5. The molecule has 3 rings (SSSR count). The predicted octanol–water partition coefficient (Wildman–Crippen LogP) is 0.756. The van der Waals surface area contributed by atoms with Crippen LogP contribution in [0.3, 0.4) is 0 Å². The number of piperazine rings is 1. The maximum Gasteiger partial charge on any atom is 0.410 e. The zero-order valence-corrected chi connectivity index (χ0v) is 14.2. The van der Waals surface area contributed by atoms with Gasteiger partial charge in [0.15, 0.2) is 5.78 Å². The lowest BCUT2D eigenvalue weighted by Gasteiger charge is -2.35. The molecule has 130 valence electrons. The number of hydrogen-bond donors (Lipinski definition) is 0. The molecule has 0 aromatic carbocycles. The van der Waals surface area contributed by atoms with Crippen molar-refractivity contribution in [2.45, 2.75) is 39.8 Å². The minimum absolute atomic E-state index is 0.00963. The Morgan fingerprint density at radius 2 is 2.04 bits per heavy atom. The minimum atomic E-state index is -0.286. The average Bonchev–Trinajstić information content (AvgIpc) is 3.04. The highest BCUT2D eigenvalue weighted by Gasteiger charge is 2.38. The van der Waals surface area contributed by atoms with E-state index in [1.807, 2.05) is 6.92 Å². The van der Waals surface area contributed by atoms with Crippen LogP contribution in [0.5, 0.6) is 0 Å². The van der Waals surface area contributed by atoms with Crippen LogP contribution in [0.15, 0.2) is 0 Å². The standard InChI is InChI=1S/C16H22N4O4/c1-10-15(12(3)21)11(2)20(17-10)5-4-14(22)18-6-7-19-13(8-18)9-24-16(19)23/h13H,4-9H2,1-3H3/t13-/m0/s1. The van der Waals surface area contributed by atoms with Crippen LogP contribution in [0.25, 0.3) is 0 Å². The molecule has 0 unspecified atom stereocenters. The van der Waals surface area contributed by atoms with Gasteiger partial charge >= 0.3 is 6.09 Å². The Bertz CT molecular complexity index is 696. The van der Waals surface area contributed by atoms with Crippen molar-refractivity contribution in [1.82, 2.24) is 19.6 Å². The normalized spacial score (nSPS) is 20.1. The van der Waals surface area contributed by atoms with Gasteiger partial charge in [-0.1, -0.05) is 0 Å². The van der Waals surface area contributed by atoms with E-state index in [1.165, 1.54) is 6.92 Å². The van der Waals surface area contributed by atoms with E-state index >= 15 is 0 Å². The second-order valence-corrected chi connectivity index (χ2v) is 6.34. The minimum Gasteiger partial charge on any atom is -0.447 e. The number of aromatic nitrogens is 2. The van der Waals surface area contributed by atoms with E-state index in [4.69, 9.17) is 4.74 Å². The Balaban J connectivity index is 1.59. The van der Waals surface area contributed by atoms with Crippen LogP contribution in [0.1, 0.15) is 35.1 Å². The van der Waals surface area contributed by atoms with Crippen molar-refractivity contribution in [1.29, 1.82) is 0 Å². The van der Waals surface area contributed by atoms with Crippen molar-refractivity contribution in [3.05, 3.63) is 17.0 Å². The van der Waals surface area contributed by atoms with Crippen molar-refractivity contribution in [3.8, 4) is 0 Å². The lowest BCUT2D eigenvalue weighted by molar-refractivity contribution is -0.133. The van der Waals surface area contributed by atoms with Gasteiger partial charge < -0.3 is 9.64 Å². The van der Waals surface area contributed by atoms with Crippen molar-refractivity contribution < 1.29 is 19.1 Å². The van der Waals surface area contributed by atoms with Crippen molar-refractivity contribution in [3.63, 3.8) is 0 Å². The first kappa shape index (κ1) is 16.5. The summed E-state index contributed by atoms with van der Waals surface area (Å²) in [5.74, 6) is 0.0236. The summed E-state index contributed by atoms with van der Waals surface area (Å²) in [7, 11) is 0. The van der Waals surface area contributed by atoms with Crippen LogP contribution in [0, 0.1) is 13.8 Å². The van der Waals surface area contributed by atoms with Gasteiger partial charge in [0.25, 0.3) is 0 Å². The average molecular weight is 334 g/mol. The molecular weight excluding hydrogens is 312 g/mol. The number of ether oxygens (including phenoxy) is 1. The van der Waals surface area contributed by atoms with Gasteiger partial charge in [-0.15, -0.1) is 0 Å². The Hall–Kier alpha value is -2.38. The molecule has 8 nitrogen and oxygen atoms in total. The number of carbonyl (C=O) groups excluding carboxylic acids is 3. The number of cyclic esters (lactones) is 1. The van der Waals surface area contributed by atoms with E-state index in [0.29, 0.717) is 50.5 Å². The van der Waals surface area contributed by atoms with E-state index in [1.54, 1.807) is 21.4 Å². The van der Waals surface area contributed by atoms with Gasteiger partial charge in [-0.05, 0) is 20.8 Å². The van der Waals surface area contributed by atoms with E-state index in [2.05, 4.69) is 5.10 Å². The number of Topliss-reactive ketones (excluding diaryl/α,β-unsaturated/α-hetero) is 1. The summed E-state index contributed by atoms with van der Waals surface area (Å²) in [4.78, 5) is 39.0. The van der Waals surface area contributed by atoms with Crippen molar-refractivity contribution in [2.75, 3.05) is 26.2 Å². The van der Waals surface area contributed by atoms with Gasteiger partial charge in [-0.2, -0.15) is 5.10 Å². The number of ketones is 1. The zero-order chi connectivity index (χ0) is 17.4. The number of aryl methyl sites for hydroxylation is 2. The Morgan fingerprint density at radius 3 is 2.71 bits per heavy atom. The molecule has 0 radical (unpaired) electrons. The van der Waals surface area contributed by atoms with Crippen LogP contribution < -0.4 is 0 Å². The first-order chi connectivity index (χ1) is 11.4. The van der Waals surface area contributed by atoms with Gasteiger partial charge in [0, 0.05) is 38.3 Å². The zero-order valence-electron chi connectivity index (χ0n) is 14.2. The molecule has 2 aliphatic rings. The molecule has 0 N–H and O–H groups in total. The summed E-state index contributed by atoms with van der Waals surface area (Å²) >= 11 is 0. The third kappa shape index (κ3) is 2.88. The van der Waals surface area contributed by atoms with E-state index in [9.17, 15) is 14.4 Å². The molecule has 2 fully saturated rings. The largest absolute Gasteiger partial charge is 0.447 e. The molecule has 1 aromatic rings. The van der Waals surface area contributed by atoms with Crippen LogP contribution in [0.2, 0.25) is 0 Å². The Labute approximate surface area is 140 Å². The quantitative estimate of drug-likeness (QED) is 0.759. The van der Waals surface area contributed by atoms with Crippen LogP contribution >= 0.6 is 0 Å². The molecule has 0 saturated carbocycles. The smallest absolute Gasteiger partial charge is 0.410 e. The van der Waals surface area contributed by atoms with Gasteiger partial charge in [-0.25, -0.2) is 4.79 Å². The molecule has 2 saturated heterocycles. The van der Waals surface area contributed by atoms with Gasteiger partial charge in [-0.3, -0.25) is 19.2 Å². The number of nitrogens with zero attached hydrogens (tertiary/aromatic N) is 4. The van der Waals surface area contributed by atoms with Gasteiger partial charge in [0.05, 0.1) is 17.3 Å². The molecule has 24 heavy (non-hydrogen) atoms. The molecule has 0 spiro atoms. The summed E-state index contributed by atoms with van der Waals surface area (Å²) in [6.07, 6.45) is 0.0346. The molecule has 0 bridgehead atoms. The maximum absolute atomic E-state index is 12.5. The van der Waals surface area contributed by atoms with E-state index in [-0.39, 0.29) is 23.8 Å². The fourth-order valence-corrected chi connectivity index (χ4v) is 3.50. The third-order valence-electron chi connectivity index (χ3n) is 4.74. The van der Waals surface area contributed by atoms with Crippen molar-refractivity contribution >= 4 is 17.8 Å². The first-order valence-electron chi connectivity index (χ1n) is 8.14. The van der Waals surface area contributed by atoms with E-state index < -0.39 is 0 Å². The summed E-state index contributed by atoms with van der Waals surface area (Å²) in [5.41, 5.74) is 2.13. The molecule has 2 aliphatic heterocycles. The lowest BCUT2D eigenvalue weighted by atomic mass is 10.1. The fraction of sp³-hybridized carbons (Fsp3) is 0.625. The summed E-state index contributed by atoms with van der Waals surface area (Å²) < 4.78 is 6.74. The summed E-state index contributed by atoms with van der Waals surface area (Å²) in [5, 5.41) is 4.36. The first-order valence-corrected chi connectivity index (χ1v) is 8.14. The van der Waals surface area contributed by atoms with E-state index in [0.717, 1.165) is 5.69 Å². The predicted molar refractivity (Wildman–Crippen MR) is 84.7 cm³/mol. The summed E-state index contributed by atoms with van der Waals surface area (Å²) in [6.45, 7) is 7.53. The Kier molecular flexibility index (Phi) is 4.29. The number of fused-ring (bicyclic) bond motifs is 1. The molecule has 0 aliphatic carbocycles. The van der Waals surface area contributed by atoms with Crippen molar-refractivity contribution in [2.24, 2.45) is 0 Å². The number of carbonyl (C=O) groups is 3. The SMILES string of the molecule is CC(=O)c1c(C)nn(CCC(=O)N2CCN3C(=O)OC[C@@H]3C2)c1C. The number of rotatable bonds is 4. The molecule has 2 amide bonds. The summed E-state index contributed by atoms with van der Waals surface area (Å²) in [6, 6.07) is -0.0341. The highest BCUT2D eigenvalue weighted by molar-refractivity contribution is 5.96. The monoisotopic (exact) mass is 334 g/mol. The highest BCUT2D eigenvalue weighted by Crippen LogP contribution is 2.19. The molecule has 1 atom stereocenters. The highest BCUT2D eigenvalue weighted by atomic mass is 16.6. The third-order valence-corrected chi connectivity index (χ3v) is 4.74. The second-order valence-electron chi connectivity index (χ2n) is 6.34. The van der Waals surface area contributed by atoms with Gasteiger partial charge in [0.2, 0.25) is 5.91 Å². The molecule has 8 heteroatoms. The number of amides is 2. The Morgan fingerprint density at radius 1 is 1.29 bits per heavy atom. The van der Waals surface area contributed by atoms with Gasteiger partial charge in [0.1, 0.15) is 6.61 Å².